The molecule has 2 atom stereocenters. The molecule has 5 heteroatoms. The largest absolute Gasteiger partial charge is 0.340 e. The first-order chi connectivity index (χ1) is 17.5. The minimum atomic E-state index is -0.174. The van der Waals surface area contributed by atoms with E-state index < -0.39 is 0 Å². The lowest BCUT2D eigenvalue weighted by molar-refractivity contribution is -0.139. The molecule has 0 aromatic heterocycles. The van der Waals surface area contributed by atoms with Gasteiger partial charge >= 0.3 is 0 Å². The molecule has 2 fully saturated rings. The van der Waals surface area contributed by atoms with Crippen molar-refractivity contribution in [2.24, 2.45) is 5.92 Å². The van der Waals surface area contributed by atoms with Crippen molar-refractivity contribution in [3.63, 3.8) is 0 Å². The third-order valence-corrected chi connectivity index (χ3v) is 7.67. The minimum Gasteiger partial charge on any atom is -0.340 e. The molecule has 0 spiro atoms. The van der Waals surface area contributed by atoms with Gasteiger partial charge in [0.1, 0.15) is 5.82 Å². The quantitative estimate of drug-likeness (QED) is 0.487. The monoisotopic (exact) mass is 485 g/mol. The number of amides is 1. The Balaban J connectivity index is 1.27. The lowest BCUT2D eigenvalue weighted by Gasteiger charge is -2.41. The van der Waals surface area contributed by atoms with Crippen molar-refractivity contribution in [3.8, 4) is 0 Å². The molecular formula is C31H36FN3O. The van der Waals surface area contributed by atoms with Gasteiger partial charge in [0.2, 0.25) is 5.91 Å². The molecular weight excluding hydrogens is 449 g/mol. The Bertz CT molecular complexity index is 1160. The highest BCUT2D eigenvalue weighted by molar-refractivity contribution is 5.79. The van der Waals surface area contributed by atoms with Crippen LogP contribution in [-0.4, -0.2) is 59.9 Å². The molecule has 2 saturated heterocycles. The SMILES string of the molecule is Cc1cccc(C2CC(C(=O)N3CCN(Cc4ccccc4)CC3)CN(Cc3ccccc3F)C2)c1. The van der Waals surface area contributed by atoms with Gasteiger partial charge in [-0.25, -0.2) is 4.39 Å². The maximum Gasteiger partial charge on any atom is 0.227 e. The van der Waals surface area contributed by atoms with Crippen molar-refractivity contribution < 1.29 is 9.18 Å². The number of rotatable bonds is 6. The van der Waals surface area contributed by atoms with Crippen molar-refractivity contribution in [1.82, 2.24) is 14.7 Å². The summed E-state index contributed by atoms with van der Waals surface area (Å²) < 4.78 is 14.5. The lowest BCUT2D eigenvalue weighted by Crippen LogP contribution is -2.53. The Morgan fingerprint density at radius 3 is 2.33 bits per heavy atom. The second-order valence-electron chi connectivity index (χ2n) is 10.4. The molecule has 2 aliphatic heterocycles. The molecule has 5 rings (SSSR count). The second kappa shape index (κ2) is 11.4. The van der Waals surface area contributed by atoms with Gasteiger partial charge in [-0.05, 0) is 36.5 Å². The van der Waals surface area contributed by atoms with Crippen LogP contribution in [-0.2, 0) is 17.9 Å². The van der Waals surface area contributed by atoms with Crippen molar-refractivity contribution in [2.45, 2.75) is 32.4 Å². The number of carbonyl (C=O) groups excluding carboxylic acids is 1. The first kappa shape index (κ1) is 24.7. The molecule has 0 radical (unpaired) electrons. The fraction of sp³-hybridized carbons (Fsp3) is 0.387. The topological polar surface area (TPSA) is 26.8 Å². The molecule has 4 nitrogen and oxygen atoms in total. The maximum absolute atomic E-state index is 14.5. The van der Waals surface area contributed by atoms with Crippen molar-refractivity contribution in [2.75, 3.05) is 39.3 Å². The van der Waals surface area contributed by atoms with Crippen LogP contribution in [0, 0.1) is 18.7 Å². The average Bonchev–Trinajstić information content (AvgIpc) is 2.90. The Morgan fingerprint density at radius 2 is 1.58 bits per heavy atom. The number of nitrogens with zero attached hydrogens (tertiary/aromatic N) is 3. The van der Waals surface area contributed by atoms with E-state index in [1.807, 2.05) is 18.2 Å². The number of piperazine rings is 1. The Kier molecular flexibility index (Phi) is 7.78. The summed E-state index contributed by atoms with van der Waals surface area (Å²) in [6.07, 6.45) is 0.848. The van der Waals surface area contributed by atoms with E-state index in [-0.39, 0.29) is 23.6 Å². The fourth-order valence-electron chi connectivity index (χ4n) is 5.76. The highest BCUT2D eigenvalue weighted by Crippen LogP contribution is 2.33. The van der Waals surface area contributed by atoms with Crippen LogP contribution in [0.1, 0.15) is 34.6 Å². The molecule has 188 valence electrons. The van der Waals surface area contributed by atoms with Gasteiger partial charge in [0.25, 0.3) is 0 Å². The van der Waals surface area contributed by atoms with Crippen LogP contribution in [0.15, 0.2) is 78.9 Å². The van der Waals surface area contributed by atoms with Crippen LogP contribution in [0.25, 0.3) is 0 Å². The Morgan fingerprint density at radius 1 is 0.833 bits per heavy atom. The number of hydrogen-bond acceptors (Lipinski definition) is 3. The molecule has 1 amide bonds. The van der Waals surface area contributed by atoms with Gasteiger partial charge in [-0.1, -0.05) is 78.4 Å². The summed E-state index contributed by atoms with van der Waals surface area (Å²) in [6.45, 7) is 8.42. The molecule has 0 bridgehead atoms. The summed E-state index contributed by atoms with van der Waals surface area (Å²) in [6, 6.07) is 26.1. The normalized spacial score (nSPS) is 21.4. The number of benzene rings is 3. The molecule has 2 aliphatic rings. The average molecular weight is 486 g/mol. The van der Waals surface area contributed by atoms with Crippen molar-refractivity contribution in [3.05, 3.63) is 107 Å². The van der Waals surface area contributed by atoms with E-state index >= 15 is 0 Å². The summed E-state index contributed by atoms with van der Waals surface area (Å²) in [5.74, 6) is 0.272. The summed E-state index contributed by atoms with van der Waals surface area (Å²) in [5, 5.41) is 0. The zero-order valence-electron chi connectivity index (χ0n) is 21.2. The first-order valence-corrected chi connectivity index (χ1v) is 13.1. The van der Waals surface area contributed by atoms with Gasteiger partial charge in [-0.3, -0.25) is 14.6 Å². The number of likely N-dealkylation sites (tertiary alicyclic amines) is 1. The van der Waals surface area contributed by atoms with Gasteiger partial charge in [0.15, 0.2) is 0 Å². The Hall–Kier alpha value is -3.02. The van der Waals surface area contributed by atoms with E-state index in [0.29, 0.717) is 18.7 Å². The minimum absolute atomic E-state index is 0.0725. The molecule has 36 heavy (non-hydrogen) atoms. The zero-order chi connectivity index (χ0) is 24.9. The van der Waals surface area contributed by atoms with Gasteiger partial charge < -0.3 is 4.90 Å². The number of halogens is 1. The van der Waals surface area contributed by atoms with E-state index in [4.69, 9.17) is 0 Å². The summed E-state index contributed by atoms with van der Waals surface area (Å²) >= 11 is 0. The van der Waals surface area contributed by atoms with Gasteiger partial charge in [-0.2, -0.15) is 0 Å². The van der Waals surface area contributed by atoms with Crippen LogP contribution in [0.3, 0.4) is 0 Å². The van der Waals surface area contributed by atoms with Crippen molar-refractivity contribution >= 4 is 5.91 Å². The molecule has 2 heterocycles. The van der Waals surface area contributed by atoms with E-state index in [2.05, 4.69) is 70.2 Å². The smallest absolute Gasteiger partial charge is 0.227 e. The Labute approximate surface area is 214 Å². The lowest BCUT2D eigenvalue weighted by atomic mass is 9.83. The number of piperidine rings is 1. The van der Waals surface area contributed by atoms with E-state index in [1.165, 1.54) is 22.8 Å². The standard InChI is InChI=1S/C31H36FN3O/c1-24-8-7-12-26(18-24)28-19-29(23-34(22-28)21-27-11-5-6-13-30(27)32)31(36)35-16-14-33(15-17-35)20-25-9-3-2-4-10-25/h2-13,18,28-29H,14-17,19-23H2,1H3. The molecule has 2 unspecified atom stereocenters. The van der Waals surface area contributed by atoms with Crippen molar-refractivity contribution in [1.29, 1.82) is 0 Å². The highest BCUT2D eigenvalue weighted by atomic mass is 19.1. The van der Waals surface area contributed by atoms with Crippen LogP contribution in [0.4, 0.5) is 4.39 Å². The fourth-order valence-corrected chi connectivity index (χ4v) is 5.76. The van der Waals surface area contributed by atoms with E-state index in [0.717, 1.165) is 45.7 Å². The van der Waals surface area contributed by atoms with Gasteiger partial charge in [0, 0.05) is 57.9 Å². The van der Waals surface area contributed by atoms with Crippen LogP contribution in [0.2, 0.25) is 0 Å². The summed E-state index contributed by atoms with van der Waals surface area (Å²) in [5.41, 5.74) is 4.52. The maximum atomic E-state index is 14.5. The summed E-state index contributed by atoms with van der Waals surface area (Å²) in [4.78, 5) is 20.5. The van der Waals surface area contributed by atoms with Crippen LogP contribution < -0.4 is 0 Å². The predicted octanol–water partition coefficient (Wildman–Crippen LogP) is 5.08. The zero-order valence-corrected chi connectivity index (χ0v) is 21.2. The number of hydrogen-bond donors (Lipinski definition) is 0. The van der Waals surface area contributed by atoms with Gasteiger partial charge in [-0.15, -0.1) is 0 Å². The second-order valence-corrected chi connectivity index (χ2v) is 10.4. The third-order valence-electron chi connectivity index (χ3n) is 7.67. The number of aryl methyl sites for hydroxylation is 1. The molecule has 3 aromatic rings. The van der Waals surface area contributed by atoms with Crippen LogP contribution >= 0.6 is 0 Å². The molecule has 0 saturated carbocycles. The number of carbonyl (C=O) groups is 1. The van der Waals surface area contributed by atoms with E-state index in [9.17, 15) is 9.18 Å². The van der Waals surface area contributed by atoms with E-state index in [1.54, 1.807) is 6.07 Å². The molecule has 3 aromatic carbocycles. The third kappa shape index (κ3) is 6.03. The highest BCUT2D eigenvalue weighted by Gasteiger charge is 2.35. The molecule has 0 N–H and O–H groups in total. The summed E-state index contributed by atoms with van der Waals surface area (Å²) in [7, 11) is 0. The molecule has 0 aliphatic carbocycles. The predicted molar refractivity (Wildman–Crippen MR) is 142 cm³/mol. The van der Waals surface area contributed by atoms with Crippen LogP contribution in [0.5, 0.6) is 0 Å². The van der Waals surface area contributed by atoms with Gasteiger partial charge in [0.05, 0.1) is 5.92 Å². The first-order valence-electron chi connectivity index (χ1n) is 13.1.